The van der Waals surface area contributed by atoms with Crippen molar-refractivity contribution in [3.8, 4) is 0 Å². The number of esters is 5. The van der Waals surface area contributed by atoms with Crippen LogP contribution in [0, 0.1) is 0 Å². The monoisotopic (exact) mass is 516 g/mol. The molecule has 0 bridgehead atoms. The van der Waals surface area contributed by atoms with Gasteiger partial charge in [-0.05, 0) is 0 Å². The van der Waals surface area contributed by atoms with E-state index in [0.717, 1.165) is 0 Å². The number of aliphatic carboxylic acids is 1. The highest BCUT2D eigenvalue weighted by Gasteiger charge is 2.52. The summed E-state index contributed by atoms with van der Waals surface area (Å²) in [6, 6.07) is 0. The van der Waals surface area contributed by atoms with Crippen molar-refractivity contribution in [2.24, 2.45) is 0 Å². The Labute approximate surface area is 208 Å². The highest BCUT2D eigenvalue weighted by atomic mass is 16.7. The lowest BCUT2D eigenvalue weighted by atomic mass is 9.94. The van der Waals surface area contributed by atoms with Crippen LogP contribution in [0.3, 0.4) is 0 Å². The van der Waals surface area contributed by atoms with Crippen LogP contribution in [0.15, 0.2) is 12.2 Å². The average Bonchev–Trinajstić information content (AvgIpc) is 2.86. The lowest BCUT2D eigenvalue weighted by Gasteiger charge is -2.44. The predicted molar refractivity (Wildman–Crippen MR) is 118 cm³/mol. The summed E-state index contributed by atoms with van der Waals surface area (Å²) in [5, 5.41) is 8.66. The maximum atomic E-state index is 12.2. The first kappa shape index (κ1) is 30.6. The van der Waals surface area contributed by atoms with Gasteiger partial charge in [0.15, 0.2) is 18.3 Å². The van der Waals surface area contributed by atoms with Crippen molar-refractivity contribution in [2.75, 3.05) is 13.2 Å². The van der Waals surface area contributed by atoms with Gasteiger partial charge in [-0.25, -0.2) is 9.59 Å². The van der Waals surface area contributed by atoms with Gasteiger partial charge in [-0.15, -0.1) is 0 Å². The molecule has 0 aromatic rings. The SMILES string of the molecule is CCC(=O)OC[C@H]1O[C@@H](COC(=O)/C=C/C(=O)O)[C@@H](OC(=O)CC)[C@@H](OC(=O)CC)[C@@H]1OC(=O)CC. The first-order chi connectivity index (χ1) is 17.1. The summed E-state index contributed by atoms with van der Waals surface area (Å²) in [5.74, 6) is -5.08. The summed E-state index contributed by atoms with van der Waals surface area (Å²) in [5.41, 5.74) is 0. The van der Waals surface area contributed by atoms with E-state index in [2.05, 4.69) is 0 Å². The van der Waals surface area contributed by atoms with Crippen LogP contribution in [0.25, 0.3) is 0 Å². The predicted octanol–water partition coefficient (Wildman–Crippen LogP) is 0.856. The molecule has 202 valence electrons. The van der Waals surface area contributed by atoms with Gasteiger partial charge in [-0.1, -0.05) is 27.7 Å². The molecular formula is C23H32O13. The largest absolute Gasteiger partial charge is 0.478 e. The minimum absolute atomic E-state index is 0.0389. The Hall–Kier alpha value is -3.48. The Balaban J connectivity index is 3.38. The highest BCUT2D eigenvalue weighted by molar-refractivity contribution is 5.90. The Bertz CT molecular complexity index is 834. The van der Waals surface area contributed by atoms with Crippen molar-refractivity contribution in [1.29, 1.82) is 0 Å². The zero-order valence-corrected chi connectivity index (χ0v) is 20.6. The number of hydrogen-bond donors (Lipinski definition) is 1. The topological polar surface area (TPSA) is 178 Å². The van der Waals surface area contributed by atoms with E-state index in [9.17, 15) is 28.8 Å². The maximum absolute atomic E-state index is 12.2. The van der Waals surface area contributed by atoms with Gasteiger partial charge >= 0.3 is 35.8 Å². The third-order valence-corrected chi connectivity index (χ3v) is 4.85. The molecule has 1 N–H and O–H groups in total. The molecule has 13 heteroatoms. The van der Waals surface area contributed by atoms with Gasteiger partial charge in [0.2, 0.25) is 0 Å². The molecule has 1 rings (SSSR count). The van der Waals surface area contributed by atoms with Crippen molar-refractivity contribution in [3.63, 3.8) is 0 Å². The minimum atomic E-state index is -1.39. The van der Waals surface area contributed by atoms with E-state index in [4.69, 9.17) is 33.5 Å². The molecule has 0 unspecified atom stereocenters. The Kier molecular flexibility index (Phi) is 13.2. The molecule has 0 amide bonds. The quantitative estimate of drug-likeness (QED) is 0.207. The summed E-state index contributed by atoms with van der Waals surface area (Å²) in [7, 11) is 0. The van der Waals surface area contributed by atoms with Gasteiger partial charge in [-0.2, -0.15) is 0 Å². The first-order valence-electron chi connectivity index (χ1n) is 11.5. The lowest BCUT2D eigenvalue weighted by Crippen LogP contribution is -2.63. The van der Waals surface area contributed by atoms with E-state index in [1.54, 1.807) is 6.92 Å². The van der Waals surface area contributed by atoms with Crippen LogP contribution in [-0.4, -0.2) is 84.7 Å². The van der Waals surface area contributed by atoms with E-state index >= 15 is 0 Å². The fourth-order valence-corrected chi connectivity index (χ4v) is 3.01. The summed E-state index contributed by atoms with van der Waals surface area (Å²) >= 11 is 0. The number of rotatable bonds is 13. The number of carbonyl (C=O) groups is 6. The van der Waals surface area contributed by atoms with E-state index in [1.807, 2.05) is 0 Å². The van der Waals surface area contributed by atoms with Crippen LogP contribution in [0.1, 0.15) is 53.4 Å². The molecule has 0 aromatic heterocycles. The third kappa shape index (κ3) is 10.0. The Morgan fingerprint density at radius 1 is 0.639 bits per heavy atom. The van der Waals surface area contributed by atoms with Crippen LogP contribution in [0.5, 0.6) is 0 Å². The fraction of sp³-hybridized carbons (Fsp3) is 0.652. The second kappa shape index (κ2) is 15.5. The fourth-order valence-electron chi connectivity index (χ4n) is 3.01. The van der Waals surface area contributed by atoms with Gasteiger partial charge in [0, 0.05) is 37.8 Å². The Morgan fingerprint density at radius 3 is 1.47 bits per heavy atom. The van der Waals surface area contributed by atoms with Crippen molar-refractivity contribution >= 4 is 35.8 Å². The normalized spacial score (nSPS) is 23.4. The molecule has 1 heterocycles. The molecule has 1 aliphatic heterocycles. The summed E-state index contributed by atoms with van der Waals surface area (Å²) in [4.78, 5) is 70.9. The van der Waals surface area contributed by atoms with Crippen molar-refractivity contribution in [3.05, 3.63) is 12.2 Å². The van der Waals surface area contributed by atoms with E-state index in [0.29, 0.717) is 12.2 Å². The maximum Gasteiger partial charge on any atom is 0.331 e. The second-order valence-electron chi connectivity index (χ2n) is 7.48. The second-order valence-corrected chi connectivity index (χ2v) is 7.48. The number of carboxylic acid groups (broad SMARTS) is 1. The first-order valence-corrected chi connectivity index (χ1v) is 11.5. The smallest absolute Gasteiger partial charge is 0.331 e. The minimum Gasteiger partial charge on any atom is -0.478 e. The third-order valence-electron chi connectivity index (χ3n) is 4.85. The molecule has 0 saturated carbocycles. The number of carboxylic acids is 1. The van der Waals surface area contributed by atoms with Crippen molar-refractivity contribution < 1.29 is 62.3 Å². The molecule has 5 atom stereocenters. The number of hydrogen-bond acceptors (Lipinski definition) is 12. The molecule has 13 nitrogen and oxygen atoms in total. The van der Waals surface area contributed by atoms with Crippen LogP contribution < -0.4 is 0 Å². The van der Waals surface area contributed by atoms with Gasteiger partial charge in [0.05, 0.1) is 0 Å². The van der Waals surface area contributed by atoms with Crippen LogP contribution >= 0.6 is 0 Å². The molecule has 0 spiro atoms. The molecular weight excluding hydrogens is 484 g/mol. The van der Waals surface area contributed by atoms with Crippen molar-refractivity contribution in [1.82, 2.24) is 0 Å². The molecule has 1 aliphatic rings. The van der Waals surface area contributed by atoms with E-state index in [1.165, 1.54) is 20.8 Å². The van der Waals surface area contributed by atoms with Gasteiger partial charge in [-0.3, -0.25) is 19.2 Å². The molecule has 0 aliphatic carbocycles. The standard InChI is InChI=1S/C23H32O13/c1-5-16(26)31-11-13-21(34-17(27)6-2)23(36-19(29)8-4)22(35-18(28)7-3)14(33-13)12-32-20(30)10-9-15(24)25/h9-10,13-14,21-23H,5-8,11-12H2,1-4H3,(H,24,25)/b10-9+/t13-,14+,21-,22-,23+/m1/s1. The summed E-state index contributed by atoms with van der Waals surface area (Å²) in [6.07, 6.45) is -5.40. The molecule has 1 saturated heterocycles. The van der Waals surface area contributed by atoms with Crippen LogP contribution in [0.4, 0.5) is 0 Å². The van der Waals surface area contributed by atoms with E-state index in [-0.39, 0.29) is 25.7 Å². The van der Waals surface area contributed by atoms with Gasteiger partial charge in [0.1, 0.15) is 25.4 Å². The summed E-state index contributed by atoms with van der Waals surface area (Å²) in [6.45, 7) is 5.18. The zero-order valence-electron chi connectivity index (χ0n) is 20.6. The molecule has 36 heavy (non-hydrogen) atoms. The van der Waals surface area contributed by atoms with Crippen molar-refractivity contribution in [2.45, 2.75) is 83.9 Å². The highest BCUT2D eigenvalue weighted by Crippen LogP contribution is 2.30. The number of carbonyl (C=O) groups excluding carboxylic acids is 5. The molecule has 0 aromatic carbocycles. The zero-order chi connectivity index (χ0) is 27.3. The summed E-state index contributed by atoms with van der Waals surface area (Å²) < 4.78 is 32.4. The van der Waals surface area contributed by atoms with Crippen LogP contribution in [0.2, 0.25) is 0 Å². The lowest BCUT2D eigenvalue weighted by molar-refractivity contribution is -0.259. The Morgan fingerprint density at radius 2 is 1.06 bits per heavy atom. The average molecular weight is 516 g/mol. The number of ether oxygens (including phenoxy) is 6. The van der Waals surface area contributed by atoms with Gasteiger partial charge < -0.3 is 33.5 Å². The van der Waals surface area contributed by atoms with Gasteiger partial charge in [0.25, 0.3) is 0 Å². The van der Waals surface area contributed by atoms with E-state index < -0.39 is 79.5 Å². The van der Waals surface area contributed by atoms with Crippen LogP contribution in [-0.2, 0) is 57.2 Å². The molecule has 0 radical (unpaired) electrons. The molecule has 1 fully saturated rings.